The Bertz CT molecular complexity index is 664. The summed E-state index contributed by atoms with van der Waals surface area (Å²) in [5, 5.41) is 0.874. The van der Waals surface area contributed by atoms with Gasteiger partial charge < -0.3 is 4.74 Å². The predicted octanol–water partition coefficient (Wildman–Crippen LogP) is 4.60. The Kier molecular flexibility index (Phi) is 6.46. The number of aryl methyl sites for hydroxylation is 1. The van der Waals surface area contributed by atoms with Gasteiger partial charge in [0.1, 0.15) is 0 Å². The second-order valence-corrected chi connectivity index (χ2v) is 7.46. The van der Waals surface area contributed by atoms with Gasteiger partial charge in [-0.1, -0.05) is 35.9 Å². The zero-order valence-corrected chi connectivity index (χ0v) is 15.7. The summed E-state index contributed by atoms with van der Waals surface area (Å²) in [5.74, 6) is 0. The number of halogens is 1. The Morgan fingerprint density at radius 2 is 2.12 bits per heavy atom. The van der Waals surface area contributed by atoms with Crippen LogP contribution < -0.4 is 0 Å². The van der Waals surface area contributed by atoms with Crippen LogP contribution in [0.4, 0.5) is 0 Å². The molecule has 2 aromatic rings. The SMILES string of the molecule is CCOC[C@]1(CCc2ccccc2Cl)CCN(Cc2cccnc2)C1. The van der Waals surface area contributed by atoms with Crippen molar-refractivity contribution in [3.05, 3.63) is 64.9 Å². The molecule has 0 aliphatic carbocycles. The number of hydrogen-bond donors (Lipinski definition) is 0. The fourth-order valence-corrected chi connectivity index (χ4v) is 3.96. The summed E-state index contributed by atoms with van der Waals surface area (Å²) >= 11 is 6.35. The first-order valence-corrected chi connectivity index (χ1v) is 9.51. The van der Waals surface area contributed by atoms with E-state index in [2.05, 4.69) is 35.0 Å². The van der Waals surface area contributed by atoms with Crippen LogP contribution in [0, 0.1) is 5.41 Å². The van der Waals surface area contributed by atoms with E-state index in [1.807, 2.05) is 30.6 Å². The number of likely N-dealkylation sites (tertiary alicyclic amines) is 1. The van der Waals surface area contributed by atoms with E-state index >= 15 is 0 Å². The lowest BCUT2D eigenvalue weighted by molar-refractivity contribution is 0.0489. The Morgan fingerprint density at radius 3 is 2.88 bits per heavy atom. The lowest BCUT2D eigenvalue weighted by Crippen LogP contribution is -2.32. The van der Waals surface area contributed by atoms with Crippen LogP contribution in [0.2, 0.25) is 5.02 Å². The Labute approximate surface area is 156 Å². The molecular formula is C21H27ClN2O. The van der Waals surface area contributed by atoms with Crippen molar-refractivity contribution >= 4 is 11.6 Å². The van der Waals surface area contributed by atoms with Gasteiger partial charge in [-0.05, 0) is 56.0 Å². The number of pyridine rings is 1. The lowest BCUT2D eigenvalue weighted by atomic mass is 9.82. The minimum Gasteiger partial charge on any atom is -0.381 e. The summed E-state index contributed by atoms with van der Waals surface area (Å²) in [6.45, 7) is 6.84. The monoisotopic (exact) mass is 358 g/mol. The highest BCUT2D eigenvalue weighted by atomic mass is 35.5. The van der Waals surface area contributed by atoms with Crippen LogP contribution in [0.3, 0.4) is 0 Å². The van der Waals surface area contributed by atoms with E-state index in [1.165, 1.54) is 17.5 Å². The van der Waals surface area contributed by atoms with Gasteiger partial charge in [0.25, 0.3) is 0 Å². The topological polar surface area (TPSA) is 25.4 Å². The molecule has 1 atom stereocenters. The van der Waals surface area contributed by atoms with E-state index in [0.717, 1.165) is 50.7 Å². The normalized spacial score (nSPS) is 20.9. The number of benzene rings is 1. The molecule has 1 fully saturated rings. The largest absolute Gasteiger partial charge is 0.381 e. The van der Waals surface area contributed by atoms with Gasteiger partial charge in [0.05, 0.1) is 6.61 Å². The maximum Gasteiger partial charge on any atom is 0.0535 e. The first kappa shape index (κ1) is 18.4. The van der Waals surface area contributed by atoms with Gasteiger partial charge in [-0.15, -0.1) is 0 Å². The number of aromatic nitrogens is 1. The molecule has 1 aromatic carbocycles. The molecule has 1 aliphatic rings. The summed E-state index contributed by atoms with van der Waals surface area (Å²) < 4.78 is 5.87. The second-order valence-electron chi connectivity index (χ2n) is 7.05. The minimum atomic E-state index is 0.220. The molecule has 0 N–H and O–H groups in total. The van der Waals surface area contributed by atoms with Crippen molar-refractivity contribution in [2.24, 2.45) is 5.41 Å². The van der Waals surface area contributed by atoms with Gasteiger partial charge in [-0.3, -0.25) is 9.88 Å². The molecule has 2 heterocycles. The summed E-state index contributed by atoms with van der Waals surface area (Å²) in [6.07, 6.45) is 7.09. The minimum absolute atomic E-state index is 0.220. The molecule has 0 saturated carbocycles. The van der Waals surface area contributed by atoms with E-state index < -0.39 is 0 Å². The van der Waals surface area contributed by atoms with E-state index in [4.69, 9.17) is 16.3 Å². The first-order chi connectivity index (χ1) is 12.2. The molecule has 0 unspecified atom stereocenters. The van der Waals surface area contributed by atoms with Crippen LogP contribution in [-0.4, -0.2) is 36.2 Å². The molecule has 3 rings (SSSR count). The maximum absolute atomic E-state index is 6.35. The molecule has 0 radical (unpaired) electrons. The third-order valence-electron chi connectivity index (χ3n) is 5.14. The highest BCUT2D eigenvalue weighted by Gasteiger charge is 2.38. The molecule has 1 aliphatic heterocycles. The lowest BCUT2D eigenvalue weighted by Gasteiger charge is -2.29. The molecule has 0 bridgehead atoms. The van der Waals surface area contributed by atoms with Crippen LogP contribution >= 0.6 is 11.6 Å². The summed E-state index contributed by atoms with van der Waals surface area (Å²) in [4.78, 5) is 6.76. The van der Waals surface area contributed by atoms with Crippen molar-refractivity contribution in [3.63, 3.8) is 0 Å². The van der Waals surface area contributed by atoms with Gasteiger partial charge in [-0.25, -0.2) is 0 Å². The van der Waals surface area contributed by atoms with E-state index in [1.54, 1.807) is 0 Å². The number of ether oxygens (including phenoxy) is 1. The standard InChI is InChI=1S/C21H27ClN2O/c1-2-25-17-21(10-9-19-7-3-4-8-20(19)22)11-13-24(16-21)15-18-6-5-12-23-14-18/h3-8,12,14H,2,9-11,13,15-17H2,1H3/t21-/m1/s1. The van der Waals surface area contributed by atoms with Crippen molar-refractivity contribution in [2.75, 3.05) is 26.3 Å². The van der Waals surface area contributed by atoms with Crippen molar-refractivity contribution in [1.82, 2.24) is 9.88 Å². The number of rotatable bonds is 8. The van der Waals surface area contributed by atoms with Crippen molar-refractivity contribution < 1.29 is 4.74 Å². The fraction of sp³-hybridized carbons (Fsp3) is 0.476. The first-order valence-electron chi connectivity index (χ1n) is 9.13. The molecular weight excluding hydrogens is 332 g/mol. The van der Waals surface area contributed by atoms with Crippen LogP contribution in [0.15, 0.2) is 48.8 Å². The zero-order valence-electron chi connectivity index (χ0n) is 15.0. The molecule has 0 amide bonds. The highest BCUT2D eigenvalue weighted by molar-refractivity contribution is 6.31. The van der Waals surface area contributed by atoms with Gasteiger partial charge >= 0.3 is 0 Å². The third kappa shape index (κ3) is 5.04. The Morgan fingerprint density at radius 1 is 1.24 bits per heavy atom. The van der Waals surface area contributed by atoms with E-state index in [0.29, 0.717) is 0 Å². The third-order valence-corrected chi connectivity index (χ3v) is 5.51. The summed E-state index contributed by atoms with van der Waals surface area (Å²) in [6, 6.07) is 12.3. The Balaban J connectivity index is 1.64. The average Bonchev–Trinajstić information content (AvgIpc) is 3.03. The average molecular weight is 359 g/mol. The van der Waals surface area contributed by atoms with Gasteiger partial charge in [0, 0.05) is 42.5 Å². The zero-order chi connectivity index (χ0) is 17.5. The van der Waals surface area contributed by atoms with Gasteiger partial charge in [-0.2, -0.15) is 0 Å². The van der Waals surface area contributed by atoms with E-state index in [-0.39, 0.29) is 5.41 Å². The second kappa shape index (κ2) is 8.79. The van der Waals surface area contributed by atoms with Crippen LogP contribution in [0.5, 0.6) is 0 Å². The number of nitrogens with zero attached hydrogens (tertiary/aromatic N) is 2. The predicted molar refractivity (Wildman–Crippen MR) is 103 cm³/mol. The van der Waals surface area contributed by atoms with Gasteiger partial charge in [0.15, 0.2) is 0 Å². The van der Waals surface area contributed by atoms with Crippen molar-refractivity contribution in [2.45, 2.75) is 32.7 Å². The maximum atomic E-state index is 6.35. The smallest absolute Gasteiger partial charge is 0.0535 e. The fourth-order valence-electron chi connectivity index (χ4n) is 3.73. The molecule has 1 saturated heterocycles. The molecule has 134 valence electrons. The molecule has 25 heavy (non-hydrogen) atoms. The molecule has 0 spiro atoms. The van der Waals surface area contributed by atoms with Crippen molar-refractivity contribution in [1.29, 1.82) is 0 Å². The molecule has 3 nitrogen and oxygen atoms in total. The van der Waals surface area contributed by atoms with Crippen LogP contribution in [0.25, 0.3) is 0 Å². The van der Waals surface area contributed by atoms with Gasteiger partial charge in [0.2, 0.25) is 0 Å². The number of hydrogen-bond acceptors (Lipinski definition) is 3. The van der Waals surface area contributed by atoms with Crippen molar-refractivity contribution in [3.8, 4) is 0 Å². The summed E-state index contributed by atoms with van der Waals surface area (Å²) in [5.41, 5.74) is 2.74. The highest BCUT2D eigenvalue weighted by Crippen LogP contribution is 2.37. The van der Waals surface area contributed by atoms with Crippen LogP contribution in [0.1, 0.15) is 30.9 Å². The summed E-state index contributed by atoms with van der Waals surface area (Å²) in [7, 11) is 0. The van der Waals surface area contributed by atoms with Crippen LogP contribution in [-0.2, 0) is 17.7 Å². The molecule has 1 aromatic heterocycles. The quantitative estimate of drug-likeness (QED) is 0.689. The Hall–Kier alpha value is -1.42. The molecule has 4 heteroatoms. The van der Waals surface area contributed by atoms with E-state index in [9.17, 15) is 0 Å².